The van der Waals surface area contributed by atoms with E-state index in [1.165, 1.54) is 21.9 Å². The van der Waals surface area contributed by atoms with Crippen molar-refractivity contribution >= 4 is 10.8 Å². The van der Waals surface area contributed by atoms with Gasteiger partial charge < -0.3 is 10.1 Å². The second-order valence-electron chi connectivity index (χ2n) is 5.11. The van der Waals surface area contributed by atoms with Crippen LogP contribution in [0.1, 0.15) is 23.6 Å². The Morgan fingerprint density at radius 2 is 1.90 bits per heavy atom. The van der Waals surface area contributed by atoms with Crippen LogP contribution < -0.4 is 5.32 Å². The molecule has 2 nitrogen and oxygen atoms in total. The van der Waals surface area contributed by atoms with E-state index in [1.54, 1.807) is 0 Å². The molecule has 21 heavy (non-hydrogen) atoms. The van der Waals surface area contributed by atoms with Crippen molar-refractivity contribution in [2.75, 3.05) is 20.3 Å². The SMILES string of the molecule is CNC(CCOCC(F)F)c1c(C)ccc2ccccc12. The molecular formula is C17H21F2NO. The van der Waals surface area contributed by atoms with E-state index in [4.69, 9.17) is 4.74 Å². The van der Waals surface area contributed by atoms with Gasteiger partial charge >= 0.3 is 0 Å². The number of hydrogen-bond donors (Lipinski definition) is 1. The molecule has 0 fully saturated rings. The highest BCUT2D eigenvalue weighted by Gasteiger charge is 2.15. The zero-order valence-corrected chi connectivity index (χ0v) is 12.4. The van der Waals surface area contributed by atoms with Crippen molar-refractivity contribution in [3.8, 4) is 0 Å². The molecule has 0 aliphatic heterocycles. The van der Waals surface area contributed by atoms with Gasteiger partial charge in [-0.1, -0.05) is 36.4 Å². The van der Waals surface area contributed by atoms with Crippen molar-refractivity contribution in [3.05, 3.63) is 47.5 Å². The molecular weight excluding hydrogens is 272 g/mol. The topological polar surface area (TPSA) is 21.3 Å². The van der Waals surface area contributed by atoms with Crippen LogP contribution in [0.25, 0.3) is 10.8 Å². The number of nitrogens with one attached hydrogen (secondary N) is 1. The van der Waals surface area contributed by atoms with Gasteiger partial charge in [0.15, 0.2) is 0 Å². The minimum absolute atomic E-state index is 0.0915. The van der Waals surface area contributed by atoms with Gasteiger partial charge in [0.1, 0.15) is 6.61 Å². The molecule has 0 bridgehead atoms. The molecule has 2 rings (SSSR count). The highest BCUT2D eigenvalue weighted by molar-refractivity contribution is 5.87. The molecule has 0 radical (unpaired) electrons. The monoisotopic (exact) mass is 293 g/mol. The van der Waals surface area contributed by atoms with Gasteiger partial charge in [-0.2, -0.15) is 0 Å². The Kier molecular flexibility index (Phi) is 5.65. The Morgan fingerprint density at radius 3 is 2.62 bits per heavy atom. The number of rotatable bonds is 7. The van der Waals surface area contributed by atoms with Gasteiger partial charge in [0.2, 0.25) is 0 Å². The van der Waals surface area contributed by atoms with Crippen LogP contribution in [0, 0.1) is 6.92 Å². The summed E-state index contributed by atoms with van der Waals surface area (Å²) >= 11 is 0. The number of hydrogen-bond acceptors (Lipinski definition) is 2. The molecule has 0 aliphatic rings. The van der Waals surface area contributed by atoms with Crippen LogP contribution >= 0.6 is 0 Å². The predicted octanol–water partition coefficient (Wildman–Crippen LogP) is 4.08. The van der Waals surface area contributed by atoms with E-state index in [-0.39, 0.29) is 6.04 Å². The largest absolute Gasteiger partial charge is 0.375 e. The van der Waals surface area contributed by atoms with Crippen molar-refractivity contribution in [2.24, 2.45) is 0 Å². The molecule has 0 saturated heterocycles. The summed E-state index contributed by atoms with van der Waals surface area (Å²) in [6, 6.07) is 12.5. The van der Waals surface area contributed by atoms with Crippen LogP contribution in [0.3, 0.4) is 0 Å². The van der Waals surface area contributed by atoms with Gasteiger partial charge in [-0.25, -0.2) is 8.78 Å². The fourth-order valence-corrected chi connectivity index (χ4v) is 2.67. The average molecular weight is 293 g/mol. The second-order valence-corrected chi connectivity index (χ2v) is 5.11. The zero-order chi connectivity index (χ0) is 15.2. The molecule has 0 spiro atoms. The minimum atomic E-state index is -2.41. The number of ether oxygens (including phenoxy) is 1. The van der Waals surface area contributed by atoms with Crippen LogP contribution in [-0.4, -0.2) is 26.7 Å². The van der Waals surface area contributed by atoms with Crippen molar-refractivity contribution in [3.63, 3.8) is 0 Å². The van der Waals surface area contributed by atoms with Gasteiger partial charge in [-0.15, -0.1) is 0 Å². The molecule has 1 atom stereocenters. The minimum Gasteiger partial charge on any atom is -0.375 e. The average Bonchev–Trinajstić information content (AvgIpc) is 2.48. The van der Waals surface area contributed by atoms with Crippen molar-refractivity contribution in [1.82, 2.24) is 5.32 Å². The Bertz CT molecular complexity index is 586. The Hall–Kier alpha value is -1.52. The molecule has 2 aromatic carbocycles. The van der Waals surface area contributed by atoms with E-state index >= 15 is 0 Å². The molecule has 0 amide bonds. The van der Waals surface area contributed by atoms with Crippen molar-refractivity contribution in [2.45, 2.75) is 25.8 Å². The molecule has 4 heteroatoms. The lowest BCUT2D eigenvalue weighted by atomic mass is 9.93. The highest BCUT2D eigenvalue weighted by Crippen LogP contribution is 2.29. The maximum Gasteiger partial charge on any atom is 0.261 e. The Balaban J connectivity index is 2.19. The number of fused-ring (bicyclic) bond motifs is 1. The standard InChI is InChI=1S/C17H21F2NO/c1-12-7-8-13-5-3-4-6-14(13)17(12)15(20-2)9-10-21-11-16(18)19/h3-8,15-16,20H,9-11H2,1-2H3. The predicted molar refractivity (Wildman–Crippen MR) is 81.9 cm³/mol. The Morgan fingerprint density at radius 1 is 1.14 bits per heavy atom. The molecule has 0 aromatic heterocycles. The van der Waals surface area contributed by atoms with Crippen LogP contribution in [0.2, 0.25) is 0 Å². The lowest BCUT2D eigenvalue weighted by Crippen LogP contribution is -2.20. The van der Waals surface area contributed by atoms with E-state index in [0.717, 1.165) is 0 Å². The maximum atomic E-state index is 12.1. The number of alkyl halides is 2. The third-order valence-electron chi connectivity index (χ3n) is 3.68. The van der Waals surface area contributed by atoms with E-state index in [9.17, 15) is 8.78 Å². The molecule has 114 valence electrons. The summed E-state index contributed by atoms with van der Waals surface area (Å²) in [6.45, 7) is 1.90. The molecule has 1 N–H and O–H groups in total. The van der Waals surface area contributed by atoms with Gasteiger partial charge in [0.25, 0.3) is 6.43 Å². The molecule has 0 heterocycles. The van der Waals surface area contributed by atoms with Crippen molar-refractivity contribution in [1.29, 1.82) is 0 Å². The summed E-state index contributed by atoms with van der Waals surface area (Å²) in [7, 11) is 1.89. The smallest absolute Gasteiger partial charge is 0.261 e. The molecule has 1 unspecified atom stereocenters. The third-order valence-corrected chi connectivity index (χ3v) is 3.68. The summed E-state index contributed by atoms with van der Waals surface area (Å²) in [5, 5.41) is 5.66. The third kappa shape index (κ3) is 3.99. The van der Waals surface area contributed by atoms with E-state index in [1.807, 2.05) is 19.2 Å². The second kappa shape index (κ2) is 7.48. The lowest BCUT2D eigenvalue weighted by molar-refractivity contribution is 0.0145. The fourth-order valence-electron chi connectivity index (χ4n) is 2.67. The first-order chi connectivity index (χ1) is 10.1. The molecule has 2 aromatic rings. The van der Waals surface area contributed by atoms with Gasteiger partial charge in [-0.3, -0.25) is 0 Å². The van der Waals surface area contributed by atoms with Crippen LogP contribution in [0.15, 0.2) is 36.4 Å². The summed E-state index contributed by atoms with van der Waals surface area (Å²) in [5.74, 6) is 0. The van der Waals surface area contributed by atoms with Gasteiger partial charge in [0.05, 0.1) is 0 Å². The van der Waals surface area contributed by atoms with Crippen LogP contribution in [-0.2, 0) is 4.74 Å². The fraction of sp³-hybridized carbons (Fsp3) is 0.412. The van der Waals surface area contributed by atoms with Crippen LogP contribution in [0.5, 0.6) is 0 Å². The first-order valence-corrected chi connectivity index (χ1v) is 7.15. The summed E-state index contributed by atoms with van der Waals surface area (Å²) in [4.78, 5) is 0. The summed E-state index contributed by atoms with van der Waals surface area (Å²) < 4.78 is 29.2. The van der Waals surface area contributed by atoms with Gasteiger partial charge in [0, 0.05) is 12.6 Å². The lowest BCUT2D eigenvalue weighted by Gasteiger charge is -2.21. The zero-order valence-electron chi connectivity index (χ0n) is 12.4. The van der Waals surface area contributed by atoms with E-state index < -0.39 is 13.0 Å². The summed E-state index contributed by atoms with van der Waals surface area (Å²) in [6.07, 6.45) is -1.74. The highest BCUT2D eigenvalue weighted by atomic mass is 19.3. The Labute approximate surface area is 124 Å². The summed E-state index contributed by atoms with van der Waals surface area (Å²) in [5.41, 5.74) is 2.41. The molecule has 0 aliphatic carbocycles. The van der Waals surface area contributed by atoms with E-state index in [2.05, 4.69) is 36.5 Å². The quantitative estimate of drug-likeness (QED) is 0.777. The van der Waals surface area contributed by atoms with Crippen LogP contribution in [0.4, 0.5) is 8.78 Å². The normalized spacial score (nSPS) is 13.0. The molecule has 0 saturated carbocycles. The maximum absolute atomic E-state index is 12.1. The van der Waals surface area contributed by atoms with E-state index in [0.29, 0.717) is 13.0 Å². The van der Waals surface area contributed by atoms with Crippen molar-refractivity contribution < 1.29 is 13.5 Å². The van der Waals surface area contributed by atoms with Gasteiger partial charge in [-0.05, 0) is 42.3 Å². The number of halogens is 2. The first kappa shape index (κ1) is 15.9. The first-order valence-electron chi connectivity index (χ1n) is 7.15. The number of aryl methyl sites for hydroxylation is 1. The number of benzene rings is 2.